The molecule has 0 unspecified atom stereocenters. The third-order valence-electron chi connectivity index (χ3n) is 2.86. The summed E-state index contributed by atoms with van der Waals surface area (Å²) in [5.41, 5.74) is 0. The van der Waals surface area contributed by atoms with Crippen LogP contribution in [0.1, 0.15) is 52.4 Å². The maximum absolute atomic E-state index is 9.45. The predicted octanol–water partition coefficient (Wildman–Crippen LogP) is 2.16. The van der Waals surface area contributed by atoms with Gasteiger partial charge in [-0.05, 0) is 19.8 Å². The standard InChI is InChI=1S/C12H23N2.C2H6O4S/c1-3-4-5-6-7-8-9-14-11-10-13(2)12-14;1-2-6-7(3,4)5/h10-12H,3-9H2,1-2H3;2H2,1H3,(H,3,4,5)/q+1;/p-1. The molecule has 0 saturated heterocycles. The van der Waals surface area contributed by atoms with Crippen LogP contribution in [0.4, 0.5) is 0 Å². The minimum atomic E-state index is -4.42. The van der Waals surface area contributed by atoms with E-state index in [1.807, 2.05) is 0 Å². The largest absolute Gasteiger partial charge is 0.726 e. The summed E-state index contributed by atoms with van der Waals surface area (Å²) < 4.78 is 36.4. The van der Waals surface area contributed by atoms with Gasteiger partial charge in [0.25, 0.3) is 0 Å². The number of rotatable bonds is 9. The first-order chi connectivity index (χ1) is 9.89. The van der Waals surface area contributed by atoms with Gasteiger partial charge in [0.15, 0.2) is 0 Å². The van der Waals surface area contributed by atoms with Crippen LogP contribution in [-0.4, -0.2) is 24.1 Å². The molecule has 0 aliphatic rings. The lowest BCUT2D eigenvalue weighted by Gasteiger charge is -2.02. The fourth-order valence-electron chi connectivity index (χ4n) is 1.85. The van der Waals surface area contributed by atoms with Crippen LogP contribution in [0.25, 0.3) is 0 Å². The first-order valence-electron chi connectivity index (χ1n) is 7.50. The zero-order valence-corrected chi connectivity index (χ0v) is 14.1. The van der Waals surface area contributed by atoms with Crippen LogP contribution in [0.2, 0.25) is 0 Å². The lowest BCUT2D eigenvalue weighted by atomic mass is 10.1. The quantitative estimate of drug-likeness (QED) is 0.302. The molecule has 7 heteroatoms. The number of aryl methyl sites for hydroxylation is 2. The van der Waals surface area contributed by atoms with Crippen molar-refractivity contribution in [2.75, 3.05) is 6.61 Å². The Morgan fingerprint density at radius 3 is 2.19 bits per heavy atom. The molecule has 1 aromatic rings. The Morgan fingerprint density at radius 1 is 1.14 bits per heavy atom. The summed E-state index contributed by atoms with van der Waals surface area (Å²) >= 11 is 0. The highest BCUT2D eigenvalue weighted by atomic mass is 32.3. The topological polar surface area (TPSA) is 75.2 Å². The molecule has 0 aliphatic heterocycles. The summed E-state index contributed by atoms with van der Waals surface area (Å²) in [6, 6.07) is 0. The summed E-state index contributed by atoms with van der Waals surface area (Å²) in [4.78, 5) is 0. The molecule has 0 aliphatic carbocycles. The van der Waals surface area contributed by atoms with Crippen LogP contribution in [0.15, 0.2) is 18.7 Å². The van der Waals surface area contributed by atoms with E-state index in [4.69, 9.17) is 0 Å². The van der Waals surface area contributed by atoms with E-state index in [1.54, 1.807) is 0 Å². The summed E-state index contributed by atoms with van der Waals surface area (Å²) in [6.07, 6.45) is 14.6. The smallest absolute Gasteiger partial charge is 0.243 e. The number of aromatic nitrogens is 2. The molecule has 0 amide bonds. The van der Waals surface area contributed by atoms with Gasteiger partial charge in [-0.2, -0.15) is 0 Å². The summed E-state index contributed by atoms with van der Waals surface area (Å²) in [5.74, 6) is 0. The van der Waals surface area contributed by atoms with Crippen molar-refractivity contribution in [3.05, 3.63) is 18.7 Å². The second-order valence-corrected chi connectivity index (χ2v) is 5.95. The maximum Gasteiger partial charge on any atom is 0.243 e. The van der Waals surface area contributed by atoms with E-state index in [2.05, 4.69) is 46.0 Å². The number of imidazole rings is 1. The van der Waals surface area contributed by atoms with E-state index in [0.717, 1.165) is 0 Å². The van der Waals surface area contributed by atoms with Crippen molar-refractivity contribution < 1.29 is 21.7 Å². The molecular formula is C14H28N2O4S. The van der Waals surface area contributed by atoms with Crippen molar-refractivity contribution in [3.8, 4) is 0 Å². The molecule has 0 aromatic carbocycles. The van der Waals surface area contributed by atoms with Gasteiger partial charge in [-0.25, -0.2) is 17.6 Å². The van der Waals surface area contributed by atoms with Gasteiger partial charge < -0.3 is 4.55 Å². The van der Waals surface area contributed by atoms with Gasteiger partial charge in [-0.1, -0.05) is 32.6 Å². The maximum atomic E-state index is 9.45. The lowest BCUT2D eigenvalue weighted by Crippen LogP contribution is -2.23. The van der Waals surface area contributed by atoms with Gasteiger partial charge >= 0.3 is 0 Å². The molecule has 0 fully saturated rings. The molecule has 0 atom stereocenters. The molecule has 0 radical (unpaired) electrons. The zero-order valence-electron chi connectivity index (χ0n) is 13.3. The minimum Gasteiger partial charge on any atom is -0.726 e. The number of nitrogens with zero attached hydrogens (tertiary/aromatic N) is 2. The van der Waals surface area contributed by atoms with E-state index in [9.17, 15) is 13.0 Å². The van der Waals surface area contributed by atoms with Crippen molar-refractivity contribution in [1.29, 1.82) is 0 Å². The molecule has 0 spiro atoms. The van der Waals surface area contributed by atoms with Crippen LogP contribution in [0.5, 0.6) is 0 Å². The molecule has 21 heavy (non-hydrogen) atoms. The Hall–Kier alpha value is -0.920. The normalized spacial score (nSPS) is 11.0. The monoisotopic (exact) mass is 320 g/mol. The van der Waals surface area contributed by atoms with E-state index in [-0.39, 0.29) is 6.61 Å². The predicted molar refractivity (Wildman–Crippen MR) is 80.3 cm³/mol. The summed E-state index contributed by atoms with van der Waals surface area (Å²) in [7, 11) is -2.36. The third-order valence-corrected chi connectivity index (χ3v) is 3.38. The van der Waals surface area contributed by atoms with Crippen molar-refractivity contribution in [3.63, 3.8) is 0 Å². The fraction of sp³-hybridized carbons (Fsp3) is 0.786. The summed E-state index contributed by atoms with van der Waals surface area (Å²) in [6.45, 7) is 4.77. The Labute approximate surface area is 128 Å². The molecule has 0 bridgehead atoms. The second kappa shape index (κ2) is 11.7. The highest BCUT2D eigenvalue weighted by molar-refractivity contribution is 7.80. The number of unbranched alkanes of at least 4 members (excludes halogenated alkanes) is 5. The molecule has 6 nitrogen and oxygen atoms in total. The second-order valence-electron chi connectivity index (χ2n) is 4.90. The van der Waals surface area contributed by atoms with Crippen molar-refractivity contribution in [2.24, 2.45) is 7.05 Å². The van der Waals surface area contributed by atoms with Gasteiger partial charge in [0, 0.05) is 0 Å². The molecule has 0 saturated carbocycles. The molecule has 1 aromatic heterocycles. The fourth-order valence-corrected chi connectivity index (χ4v) is 2.14. The third kappa shape index (κ3) is 13.8. The lowest BCUT2D eigenvalue weighted by molar-refractivity contribution is -0.671. The van der Waals surface area contributed by atoms with Crippen LogP contribution < -0.4 is 4.57 Å². The van der Waals surface area contributed by atoms with Gasteiger partial charge in [-0.15, -0.1) is 0 Å². The van der Waals surface area contributed by atoms with E-state index in [1.165, 1.54) is 52.0 Å². The minimum absolute atomic E-state index is 0.0914. The van der Waals surface area contributed by atoms with Crippen molar-refractivity contribution in [1.82, 2.24) is 4.57 Å². The van der Waals surface area contributed by atoms with Crippen LogP contribution in [-0.2, 0) is 28.2 Å². The molecular weight excluding hydrogens is 292 g/mol. The van der Waals surface area contributed by atoms with E-state index < -0.39 is 10.4 Å². The first-order valence-corrected chi connectivity index (χ1v) is 8.83. The van der Waals surface area contributed by atoms with Crippen molar-refractivity contribution >= 4 is 10.4 Å². The van der Waals surface area contributed by atoms with Gasteiger partial charge in [0.05, 0.1) is 20.2 Å². The average molecular weight is 320 g/mol. The summed E-state index contributed by atoms with van der Waals surface area (Å²) in [5, 5.41) is 0. The Balaban J connectivity index is 0.000000486. The molecule has 1 heterocycles. The van der Waals surface area contributed by atoms with Crippen LogP contribution >= 0.6 is 0 Å². The Kier molecular flexibility index (Phi) is 11.2. The van der Waals surface area contributed by atoms with E-state index in [0.29, 0.717) is 0 Å². The van der Waals surface area contributed by atoms with Crippen molar-refractivity contribution in [2.45, 2.75) is 58.9 Å². The Morgan fingerprint density at radius 2 is 1.76 bits per heavy atom. The first kappa shape index (κ1) is 20.1. The average Bonchev–Trinajstić information content (AvgIpc) is 2.79. The molecule has 0 N–H and O–H groups in total. The highest BCUT2D eigenvalue weighted by Crippen LogP contribution is 2.05. The van der Waals surface area contributed by atoms with Crippen LogP contribution in [0, 0.1) is 0 Å². The Bertz CT molecular complexity index is 457. The van der Waals surface area contributed by atoms with Gasteiger partial charge in [0.1, 0.15) is 12.4 Å². The van der Waals surface area contributed by atoms with Gasteiger partial charge in [0.2, 0.25) is 16.7 Å². The zero-order chi connectivity index (χ0) is 16.1. The highest BCUT2D eigenvalue weighted by Gasteiger charge is 1.98. The van der Waals surface area contributed by atoms with Crippen LogP contribution in [0.3, 0.4) is 0 Å². The molecule has 1 rings (SSSR count). The number of hydrogen-bond acceptors (Lipinski definition) is 4. The SMILES string of the molecule is CCCCCCCCn1cc[n+](C)c1.CCOS(=O)(=O)[O-]. The molecule has 124 valence electrons. The number of hydrogen-bond donors (Lipinski definition) is 0. The van der Waals surface area contributed by atoms with E-state index >= 15 is 0 Å². The van der Waals surface area contributed by atoms with Gasteiger partial charge in [-0.3, -0.25) is 4.18 Å².